The number of benzene rings is 1. The first-order chi connectivity index (χ1) is 13.9. The number of nitrogens with two attached hydrogens (primary N) is 1. The van der Waals surface area contributed by atoms with Crippen LogP contribution in [-0.4, -0.2) is 45.9 Å². The lowest BCUT2D eigenvalue weighted by Gasteiger charge is -2.25. The van der Waals surface area contributed by atoms with Crippen LogP contribution in [0.4, 0.5) is 0 Å². The molecule has 0 saturated heterocycles. The smallest absolute Gasteiger partial charge is 0.223 e. The molecule has 7 heteroatoms. The van der Waals surface area contributed by atoms with Gasteiger partial charge in [0, 0.05) is 11.3 Å². The average molecular weight is 449 g/mol. The molecule has 1 heterocycles. The molecule has 0 fully saturated rings. The Balaban J connectivity index is 2.25. The summed E-state index contributed by atoms with van der Waals surface area (Å²) in [6.45, 7) is 19.0. The molecule has 1 aromatic carbocycles. The fourth-order valence-corrected chi connectivity index (χ4v) is 4.90. The Morgan fingerprint density at radius 3 is 2.03 bits per heavy atom. The highest BCUT2D eigenvalue weighted by molar-refractivity contribution is 8.01. The number of rotatable bonds is 8. The van der Waals surface area contributed by atoms with Crippen LogP contribution in [0.3, 0.4) is 0 Å². The Morgan fingerprint density at radius 1 is 1.03 bits per heavy atom. The summed E-state index contributed by atoms with van der Waals surface area (Å²) in [6, 6.07) is 6.22. The van der Waals surface area contributed by atoms with Crippen LogP contribution in [0.2, 0.25) is 0 Å². The van der Waals surface area contributed by atoms with Gasteiger partial charge in [-0.15, -0.1) is 10.2 Å². The summed E-state index contributed by atoms with van der Waals surface area (Å²) in [5, 5.41) is 8.84. The highest BCUT2D eigenvalue weighted by Crippen LogP contribution is 2.32. The Kier molecular flexibility index (Phi) is 8.24. The molecule has 1 atom stereocenters. The van der Waals surface area contributed by atoms with Gasteiger partial charge in [-0.1, -0.05) is 84.6 Å². The van der Waals surface area contributed by atoms with E-state index in [1.807, 2.05) is 12.1 Å². The number of hydrogen-bond acceptors (Lipinski definition) is 7. The number of aromatic nitrogens is 2. The van der Waals surface area contributed by atoms with Gasteiger partial charge in [0.25, 0.3) is 0 Å². The van der Waals surface area contributed by atoms with Gasteiger partial charge in [-0.25, -0.2) is 0 Å². The van der Waals surface area contributed by atoms with Gasteiger partial charge in [0.15, 0.2) is 9.35 Å². The Labute approximate surface area is 189 Å². The van der Waals surface area contributed by atoms with Gasteiger partial charge < -0.3 is 5.73 Å². The molecule has 0 saturated carbocycles. The van der Waals surface area contributed by atoms with Crippen molar-refractivity contribution in [3.63, 3.8) is 0 Å². The molecule has 1 aromatic heterocycles. The third-order valence-corrected chi connectivity index (χ3v) is 7.34. The standard InChI is InChI=1S/C23H36N4OS2/c1-9-27(10-2)18(24)14-29-21-26-25-20(30-21)19(28)15-11-16(22(3,4)5)13-17(12-15)23(6,7)8/h11-13,18H,9-10,14,24H2,1-8H3. The van der Waals surface area contributed by atoms with Crippen LogP contribution >= 0.6 is 23.1 Å². The van der Waals surface area contributed by atoms with E-state index in [-0.39, 0.29) is 22.8 Å². The number of ketones is 1. The minimum Gasteiger partial charge on any atom is -0.315 e. The van der Waals surface area contributed by atoms with E-state index in [0.717, 1.165) is 34.3 Å². The minimum absolute atomic E-state index is 0.0362. The fourth-order valence-electron chi connectivity index (χ4n) is 3.06. The number of hydrogen-bond donors (Lipinski definition) is 1. The van der Waals surface area contributed by atoms with E-state index in [1.54, 1.807) is 11.8 Å². The first kappa shape index (κ1) is 25.0. The molecule has 0 bridgehead atoms. The van der Waals surface area contributed by atoms with Crippen molar-refractivity contribution in [2.45, 2.75) is 76.7 Å². The molecule has 1 unspecified atom stereocenters. The summed E-state index contributed by atoms with van der Waals surface area (Å²) in [6.07, 6.45) is -0.0362. The summed E-state index contributed by atoms with van der Waals surface area (Å²) in [7, 11) is 0. The van der Waals surface area contributed by atoms with Crippen molar-refractivity contribution in [2.75, 3.05) is 18.8 Å². The van der Waals surface area contributed by atoms with Gasteiger partial charge in [-0.2, -0.15) is 0 Å². The second-order valence-corrected chi connectivity index (χ2v) is 11.8. The maximum absolute atomic E-state index is 13.2. The van der Waals surface area contributed by atoms with Gasteiger partial charge in [0.05, 0.1) is 6.17 Å². The van der Waals surface area contributed by atoms with Crippen LogP contribution in [0, 0.1) is 0 Å². The average Bonchev–Trinajstić information content (AvgIpc) is 3.14. The van der Waals surface area contributed by atoms with Crippen LogP contribution in [0.1, 0.15) is 81.9 Å². The largest absolute Gasteiger partial charge is 0.315 e. The zero-order chi connectivity index (χ0) is 22.7. The molecule has 2 N–H and O–H groups in total. The van der Waals surface area contributed by atoms with Crippen LogP contribution in [0.5, 0.6) is 0 Å². The molecule has 166 valence electrons. The third-order valence-electron chi connectivity index (χ3n) is 5.19. The summed E-state index contributed by atoms with van der Waals surface area (Å²) >= 11 is 2.91. The Hall–Kier alpha value is -1.28. The fraction of sp³-hybridized carbons (Fsp3) is 0.609. The molecule has 0 aliphatic rings. The Morgan fingerprint density at radius 2 is 1.57 bits per heavy atom. The normalized spacial score (nSPS) is 13.7. The van der Waals surface area contributed by atoms with Crippen molar-refractivity contribution in [1.82, 2.24) is 15.1 Å². The molecule has 0 spiro atoms. The summed E-state index contributed by atoms with van der Waals surface area (Å²) in [5.41, 5.74) is 9.16. The van der Waals surface area contributed by atoms with E-state index in [1.165, 1.54) is 11.3 Å². The summed E-state index contributed by atoms with van der Waals surface area (Å²) < 4.78 is 0.781. The third kappa shape index (κ3) is 6.36. The quantitative estimate of drug-likeness (QED) is 0.345. The predicted molar refractivity (Wildman–Crippen MR) is 129 cm³/mol. The van der Waals surface area contributed by atoms with E-state index in [9.17, 15) is 4.79 Å². The number of carbonyl (C=O) groups is 1. The van der Waals surface area contributed by atoms with E-state index in [0.29, 0.717) is 10.6 Å². The summed E-state index contributed by atoms with van der Waals surface area (Å²) in [5.74, 6) is 0.655. The topological polar surface area (TPSA) is 72.1 Å². The highest BCUT2D eigenvalue weighted by Gasteiger charge is 2.24. The Bertz CT molecular complexity index is 829. The molecule has 0 aliphatic carbocycles. The van der Waals surface area contributed by atoms with Crippen LogP contribution < -0.4 is 5.73 Å². The highest BCUT2D eigenvalue weighted by atomic mass is 32.2. The molecular formula is C23H36N4OS2. The van der Waals surface area contributed by atoms with Crippen LogP contribution in [0.15, 0.2) is 22.5 Å². The van der Waals surface area contributed by atoms with Gasteiger partial charge in [-0.05, 0) is 47.2 Å². The summed E-state index contributed by atoms with van der Waals surface area (Å²) in [4.78, 5) is 15.4. The molecule has 0 radical (unpaired) electrons. The zero-order valence-corrected chi connectivity index (χ0v) is 21.2. The second-order valence-electron chi connectivity index (χ2n) is 9.60. The second kappa shape index (κ2) is 9.90. The molecule has 0 aliphatic heterocycles. The SMILES string of the molecule is CCN(CC)C(N)CSc1nnc(C(=O)c2cc(C(C)(C)C)cc(C(C)(C)C)c2)s1. The van der Waals surface area contributed by atoms with Gasteiger partial charge in [-0.3, -0.25) is 9.69 Å². The van der Waals surface area contributed by atoms with Crippen LogP contribution in [-0.2, 0) is 10.8 Å². The van der Waals surface area contributed by atoms with Crippen molar-refractivity contribution in [3.05, 3.63) is 39.9 Å². The monoisotopic (exact) mass is 448 g/mol. The molecule has 2 aromatic rings. The van der Waals surface area contributed by atoms with Gasteiger partial charge >= 0.3 is 0 Å². The van der Waals surface area contributed by atoms with Gasteiger partial charge in [0.2, 0.25) is 5.78 Å². The van der Waals surface area contributed by atoms with E-state index >= 15 is 0 Å². The van der Waals surface area contributed by atoms with Crippen molar-refractivity contribution < 1.29 is 4.79 Å². The molecule has 30 heavy (non-hydrogen) atoms. The lowest BCUT2D eigenvalue weighted by atomic mass is 9.79. The predicted octanol–water partition coefficient (Wildman–Crippen LogP) is 5.08. The van der Waals surface area contributed by atoms with Crippen LogP contribution in [0.25, 0.3) is 0 Å². The van der Waals surface area contributed by atoms with Gasteiger partial charge in [0.1, 0.15) is 0 Å². The van der Waals surface area contributed by atoms with E-state index in [4.69, 9.17) is 5.73 Å². The lowest BCUT2D eigenvalue weighted by Crippen LogP contribution is -2.43. The first-order valence-electron chi connectivity index (χ1n) is 10.5. The number of nitrogens with zero attached hydrogens (tertiary/aromatic N) is 3. The van der Waals surface area contributed by atoms with Crippen molar-refractivity contribution in [1.29, 1.82) is 0 Å². The minimum atomic E-state index is -0.0657. The van der Waals surface area contributed by atoms with E-state index in [2.05, 4.69) is 76.6 Å². The zero-order valence-electron chi connectivity index (χ0n) is 19.6. The number of carbonyl (C=O) groups excluding carboxylic acids is 1. The number of thioether (sulfide) groups is 1. The van der Waals surface area contributed by atoms with Crippen molar-refractivity contribution in [3.8, 4) is 0 Å². The molecule has 0 amide bonds. The first-order valence-corrected chi connectivity index (χ1v) is 12.3. The lowest BCUT2D eigenvalue weighted by molar-refractivity contribution is 0.103. The maximum Gasteiger partial charge on any atom is 0.223 e. The van der Waals surface area contributed by atoms with Crippen molar-refractivity contribution >= 4 is 28.9 Å². The molecule has 2 rings (SSSR count). The van der Waals surface area contributed by atoms with Crippen molar-refractivity contribution in [2.24, 2.45) is 5.73 Å². The molecule has 5 nitrogen and oxygen atoms in total. The van der Waals surface area contributed by atoms with E-state index < -0.39 is 0 Å². The maximum atomic E-state index is 13.2. The molecular weight excluding hydrogens is 412 g/mol.